The summed E-state index contributed by atoms with van der Waals surface area (Å²) in [4.78, 5) is 63.2. The van der Waals surface area contributed by atoms with Gasteiger partial charge in [-0.1, -0.05) is 27.4 Å². The lowest BCUT2D eigenvalue weighted by molar-refractivity contribution is -0.289. The monoisotopic (exact) mass is 534 g/mol. The Morgan fingerprint density at radius 3 is 1.84 bits per heavy atom. The topological polar surface area (TPSA) is 143 Å². The lowest BCUT2D eigenvalue weighted by Crippen LogP contribution is -2.74. The third-order valence-electron chi connectivity index (χ3n) is 9.87. The second-order valence-electron chi connectivity index (χ2n) is 12.3. The van der Waals surface area contributed by atoms with Crippen LogP contribution < -0.4 is 0 Å². The van der Waals surface area contributed by atoms with Crippen LogP contribution in [0.25, 0.3) is 0 Å². The molecule has 1 spiro atoms. The molecule has 4 rings (SSSR count). The number of aliphatic hydroxyl groups excluding tert-OH is 1. The van der Waals surface area contributed by atoms with E-state index >= 15 is 0 Å². The van der Waals surface area contributed by atoms with Crippen molar-refractivity contribution < 1.29 is 48.0 Å². The zero-order valence-electron chi connectivity index (χ0n) is 23.1. The van der Waals surface area contributed by atoms with Gasteiger partial charge in [0.1, 0.15) is 24.4 Å². The van der Waals surface area contributed by atoms with Gasteiger partial charge in [0.05, 0.1) is 11.5 Å². The molecule has 0 amide bonds. The Kier molecular flexibility index (Phi) is 6.82. The minimum Gasteiger partial charge on any atom is -0.462 e. The minimum atomic E-state index is -1.35. The van der Waals surface area contributed by atoms with E-state index in [0.29, 0.717) is 0 Å². The highest BCUT2D eigenvalue weighted by atomic mass is 16.6. The molecule has 0 radical (unpaired) electrons. The summed E-state index contributed by atoms with van der Waals surface area (Å²) in [5, 5.41) is 11.5. The molecule has 0 aromatic heterocycles. The molecule has 4 saturated carbocycles. The Morgan fingerprint density at radius 2 is 1.32 bits per heavy atom. The van der Waals surface area contributed by atoms with Gasteiger partial charge in [-0.3, -0.25) is 24.0 Å². The zero-order chi connectivity index (χ0) is 28.5. The van der Waals surface area contributed by atoms with Crippen molar-refractivity contribution >= 4 is 29.7 Å². The first-order valence-corrected chi connectivity index (χ1v) is 13.1. The molecular weight excluding hydrogens is 496 g/mol. The zero-order valence-corrected chi connectivity index (χ0v) is 23.1. The van der Waals surface area contributed by atoms with Gasteiger partial charge in [0, 0.05) is 56.8 Å². The third-order valence-corrected chi connectivity index (χ3v) is 9.87. The van der Waals surface area contributed by atoms with E-state index in [9.17, 15) is 29.1 Å². The predicted molar refractivity (Wildman–Crippen MR) is 131 cm³/mol. The molecule has 0 aliphatic heterocycles. The second kappa shape index (κ2) is 9.17. The standard InChI is InChI=1S/C28H38O10/c1-12-17-11-28(25(12)34)21(37-15(4)31)9-18-26(6,7)19(35-13(2)29)10-20(36-14(3)30)27(18,8)24(28)23(22(17)33)38-16(5)32/h17-24,33H,1,9-11H2,2-8H3/t17-,18+,19+,20+,21+,22-,23+,24-,27-,28-/m1/s1. The first kappa shape index (κ1) is 28.3. The van der Waals surface area contributed by atoms with Crippen molar-refractivity contribution in [1.82, 2.24) is 0 Å². The molecule has 0 aromatic rings. The van der Waals surface area contributed by atoms with Crippen molar-refractivity contribution in [3.8, 4) is 0 Å². The van der Waals surface area contributed by atoms with Crippen LogP contribution in [0.1, 0.15) is 67.7 Å². The molecule has 4 aliphatic rings. The van der Waals surface area contributed by atoms with Crippen LogP contribution in [0.5, 0.6) is 0 Å². The first-order valence-electron chi connectivity index (χ1n) is 13.1. The van der Waals surface area contributed by atoms with E-state index in [1.807, 2.05) is 20.8 Å². The summed E-state index contributed by atoms with van der Waals surface area (Å²) in [5.74, 6) is -4.63. The number of fused-ring (bicyclic) bond motifs is 3. The number of carbonyl (C=O) groups is 5. The maximum absolute atomic E-state index is 14.1. The van der Waals surface area contributed by atoms with Crippen LogP contribution in [-0.4, -0.2) is 65.3 Å². The van der Waals surface area contributed by atoms with Gasteiger partial charge >= 0.3 is 23.9 Å². The summed E-state index contributed by atoms with van der Waals surface area (Å²) in [6.07, 6.45) is -4.31. The molecule has 10 heteroatoms. The van der Waals surface area contributed by atoms with Crippen molar-refractivity contribution in [2.75, 3.05) is 0 Å². The molecule has 10 atom stereocenters. The van der Waals surface area contributed by atoms with Crippen LogP contribution >= 0.6 is 0 Å². The first-order chi connectivity index (χ1) is 17.5. The van der Waals surface area contributed by atoms with Crippen molar-refractivity contribution in [3.05, 3.63) is 12.2 Å². The van der Waals surface area contributed by atoms with Gasteiger partial charge in [-0.25, -0.2) is 0 Å². The molecule has 0 unspecified atom stereocenters. The molecule has 2 bridgehead atoms. The summed E-state index contributed by atoms with van der Waals surface area (Å²) in [6.45, 7) is 14.8. The summed E-state index contributed by atoms with van der Waals surface area (Å²) in [7, 11) is 0. The predicted octanol–water partition coefficient (Wildman–Crippen LogP) is 2.29. The number of hydrogen-bond donors (Lipinski definition) is 1. The van der Waals surface area contributed by atoms with E-state index in [2.05, 4.69) is 6.58 Å². The van der Waals surface area contributed by atoms with E-state index in [-0.39, 0.29) is 30.6 Å². The number of rotatable bonds is 4. The number of carbonyl (C=O) groups excluding carboxylic acids is 5. The molecule has 1 N–H and O–H groups in total. The molecule has 0 aromatic carbocycles. The van der Waals surface area contributed by atoms with Gasteiger partial charge in [0.2, 0.25) is 0 Å². The number of hydrogen-bond acceptors (Lipinski definition) is 10. The Labute approximate surface area is 222 Å². The number of Topliss-reactive ketones (excluding diaryl/α,β-unsaturated/α-hetero) is 1. The molecule has 38 heavy (non-hydrogen) atoms. The lowest BCUT2D eigenvalue weighted by Gasteiger charge is -2.68. The summed E-state index contributed by atoms with van der Waals surface area (Å²) >= 11 is 0. The smallest absolute Gasteiger partial charge is 0.303 e. The average Bonchev–Trinajstić information content (AvgIpc) is 2.99. The minimum absolute atomic E-state index is 0.144. The van der Waals surface area contributed by atoms with Gasteiger partial charge in [-0.05, 0) is 24.3 Å². The third kappa shape index (κ3) is 3.89. The van der Waals surface area contributed by atoms with Crippen LogP contribution in [-0.2, 0) is 42.9 Å². The number of ether oxygens (including phenoxy) is 4. The number of aliphatic hydroxyl groups is 1. The molecule has 10 nitrogen and oxygen atoms in total. The Morgan fingerprint density at radius 1 is 0.816 bits per heavy atom. The SMILES string of the molecule is C=C1C(=O)[C@@]23C[C@H]1[C@@H](O)[C@H](OC(C)=O)[C@@H]2[C@@]1(C)[C@@H](OC(C)=O)C[C@H](OC(C)=O)C(C)(C)[C@@H]1C[C@@H]3OC(C)=O. The van der Waals surface area contributed by atoms with E-state index in [1.54, 1.807) is 0 Å². The Balaban J connectivity index is 2.01. The fourth-order valence-electron chi connectivity index (χ4n) is 8.61. The van der Waals surface area contributed by atoms with Crippen LogP contribution in [0.2, 0.25) is 0 Å². The molecule has 4 fully saturated rings. The van der Waals surface area contributed by atoms with Gasteiger partial charge in [0.25, 0.3) is 0 Å². The number of ketones is 1. The quantitative estimate of drug-likeness (QED) is 0.324. The summed E-state index contributed by atoms with van der Waals surface area (Å²) < 4.78 is 23.3. The summed E-state index contributed by atoms with van der Waals surface area (Å²) in [6, 6.07) is 0. The highest BCUT2D eigenvalue weighted by Crippen LogP contribution is 2.72. The van der Waals surface area contributed by atoms with Crippen molar-refractivity contribution in [2.45, 2.75) is 98.2 Å². The maximum Gasteiger partial charge on any atom is 0.303 e. The summed E-state index contributed by atoms with van der Waals surface area (Å²) in [5.41, 5.74) is -2.93. The van der Waals surface area contributed by atoms with Crippen LogP contribution in [0.3, 0.4) is 0 Å². The Bertz CT molecular complexity index is 1090. The highest BCUT2D eigenvalue weighted by Gasteiger charge is 2.78. The van der Waals surface area contributed by atoms with E-state index in [4.69, 9.17) is 18.9 Å². The fourth-order valence-corrected chi connectivity index (χ4v) is 8.61. The molecule has 4 aliphatic carbocycles. The van der Waals surface area contributed by atoms with Crippen molar-refractivity contribution in [3.63, 3.8) is 0 Å². The van der Waals surface area contributed by atoms with E-state index < -0.39 is 88.4 Å². The number of esters is 4. The lowest BCUT2D eigenvalue weighted by atomic mass is 9.38. The van der Waals surface area contributed by atoms with Gasteiger partial charge in [0.15, 0.2) is 5.78 Å². The normalized spacial score (nSPS) is 42.8. The molecular formula is C28H38O10. The Hall–Kier alpha value is -2.75. The maximum atomic E-state index is 14.1. The largest absolute Gasteiger partial charge is 0.462 e. The van der Waals surface area contributed by atoms with Gasteiger partial charge in [-0.15, -0.1) is 0 Å². The van der Waals surface area contributed by atoms with Crippen molar-refractivity contribution in [2.24, 2.45) is 34.0 Å². The second-order valence-corrected chi connectivity index (χ2v) is 12.3. The van der Waals surface area contributed by atoms with E-state index in [0.717, 1.165) is 0 Å². The molecule has 210 valence electrons. The van der Waals surface area contributed by atoms with Crippen LogP contribution in [0.15, 0.2) is 12.2 Å². The highest BCUT2D eigenvalue weighted by molar-refractivity contribution is 6.04. The van der Waals surface area contributed by atoms with Gasteiger partial charge < -0.3 is 24.1 Å². The fraction of sp³-hybridized carbons (Fsp3) is 0.750. The van der Waals surface area contributed by atoms with E-state index in [1.165, 1.54) is 27.7 Å². The van der Waals surface area contributed by atoms with Crippen LogP contribution in [0.4, 0.5) is 0 Å². The molecule has 0 saturated heterocycles. The van der Waals surface area contributed by atoms with Gasteiger partial charge in [-0.2, -0.15) is 0 Å². The van der Waals surface area contributed by atoms with Crippen molar-refractivity contribution in [1.29, 1.82) is 0 Å². The van der Waals surface area contributed by atoms with Crippen LogP contribution in [0, 0.1) is 34.0 Å². The molecule has 0 heterocycles. The average molecular weight is 535 g/mol.